The van der Waals surface area contributed by atoms with E-state index in [0.717, 1.165) is 38.2 Å². The Bertz CT molecular complexity index is 564. The molecule has 1 aliphatic rings. The van der Waals surface area contributed by atoms with Crippen molar-refractivity contribution < 1.29 is 18.0 Å². The number of benzene rings is 1. The quantitative estimate of drug-likeness (QED) is 0.794. The number of halogens is 3. The van der Waals surface area contributed by atoms with Gasteiger partial charge in [-0.25, -0.2) is 0 Å². The molecule has 0 saturated carbocycles. The molecule has 0 spiro atoms. The Morgan fingerprint density at radius 2 is 1.96 bits per heavy atom. The van der Waals surface area contributed by atoms with Crippen molar-refractivity contribution in [3.05, 3.63) is 41.5 Å². The average Bonchev–Trinajstić information content (AvgIpc) is 2.92. The van der Waals surface area contributed by atoms with Gasteiger partial charge in [-0.3, -0.25) is 4.79 Å². The lowest BCUT2D eigenvalue weighted by atomic mass is 10.1. The Morgan fingerprint density at radius 1 is 1.30 bits per heavy atom. The molecule has 0 N–H and O–H groups in total. The molecule has 1 saturated heterocycles. The van der Waals surface area contributed by atoms with E-state index < -0.39 is 11.7 Å². The molecule has 0 aromatic heterocycles. The van der Waals surface area contributed by atoms with Crippen LogP contribution in [0.4, 0.5) is 13.2 Å². The molecule has 3 nitrogen and oxygen atoms in total. The molecular formula is C17H21F3N2O. The van der Waals surface area contributed by atoms with Crippen molar-refractivity contribution in [1.82, 2.24) is 9.80 Å². The van der Waals surface area contributed by atoms with Crippen LogP contribution in [0, 0.1) is 5.92 Å². The van der Waals surface area contributed by atoms with Crippen molar-refractivity contribution in [2.45, 2.75) is 12.6 Å². The molecule has 0 unspecified atom stereocenters. The summed E-state index contributed by atoms with van der Waals surface area (Å²) in [6.07, 6.45) is -0.366. The highest BCUT2D eigenvalue weighted by Gasteiger charge is 2.30. The molecule has 1 aliphatic heterocycles. The Labute approximate surface area is 134 Å². The van der Waals surface area contributed by atoms with E-state index in [2.05, 4.69) is 4.90 Å². The summed E-state index contributed by atoms with van der Waals surface area (Å²) in [6, 6.07) is 4.77. The molecule has 6 heteroatoms. The van der Waals surface area contributed by atoms with E-state index in [1.807, 2.05) is 14.1 Å². The Kier molecular flexibility index (Phi) is 5.46. The summed E-state index contributed by atoms with van der Waals surface area (Å²) >= 11 is 0. The first kappa shape index (κ1) is 17.5. The first-order chi connectivity index (χ1) is 10.8. The van der Waals surface area contributed by atoms with Crippen LogP contribution in [0.1, 0.15) is 17.5 Å². The van der Waals surface area contributed by atoms with Crippen molar-refractivity contribution in [1.29, 1.82) is 0 Å². The van der Waals surface area contributed by atoms with E-state index in [0.29, 0.717) is 11.5 Å². The minimum absolute atomic E-state index is 0.0915. The van der Waals surface area contributed by atoms with Crippen LogP contribution in [0.2, 0.25) is 0 Å². The molecular weight excluding hydrogens is 305 g/mol. The van der Waals surface area contributed by atoms with Crippen LogP contribution in [0.3, 0.4) is 0 Å². The van der Waals surface area contributed by atoms with E-state index in [1.54, 1.807) is 11.0 Å². The standard InChI is InChI=1S/C17H21F3N2O/c1-21(2)11-14-9-10-22(12-14)16(23)8-5-13-3-6-15(7-4-13)17(18,19)20/h3-8,14H,9-12H2,1-2H3/b8-5+/t14-/m1/s1. The van der Waals surface area contributed by atoms with Gasteiger partial charge in [0.1, 0.15) is 0 Å². The van der Waals surface area contributed by atoms with Gasteiger partial charge in [0.15, 0.2) is 0 Å². The molecule has 0 radical (unpaired) electrons. The lowest BCUT2D eigenvalue weighted by molar-refractivity contribution is -0.137. The molecule has 1 aromatic rings. The maximum Gasteiger partial charge on any atom is 0.416 e. The molecule has 0 bridgehead atoms. The number of rotatable bonds is 4. The third-order valence-electron chi connectivity index (χ3n) is 3.88. The van der Waals surface area contributed by atoms with Gasteiger partial charge in [-0.05, 0) is 50.2 Å². The van der Waals surface area contributed by atoms with Gasteiger partial charge in [0, 0.05) is 25.7 Å². The van der Waals surface area contributed by atoms with Crippen LogP contribution in [0.5, 0.6) is 0 Å². The number of amides is 1. The maximum atomic E-state index is 12.5. The molecule has 1 atom stereocenters. The summed E-state index contributed by atoms with van der Waals surface area (Å²) in [6.45, 7) is 2.41. The van der Waals surface area contributed by atoms with Gasteiger partial charge in [0.05, 0.1) is 5.56 Å². The number of hydrogen-bond donors (Lipinski definition) is 0. The van der Waals surface area contributed by atoms with Crippen molar-refractivity contribution >= 4 is 12.0 Å². The number of hydrogen-bond acceptors (Lipinski definition) is 2. The third-order valence-corrected chi connectivity index (χ3v) is 3.88. The highest BCUT2D eigenvalue weighted by atomic mass is 19.4. The van der Waals surface area contributed by atoms with Gasteiger partial charge < -0.3 is 9.80 Å². The largest absolute Gasteiger partial charge is 0.416 e. The number of carbonyl (C=O) groups is 1. The summed E-state index contributed by atoms with van der Waals surface area (Å²) in [5.41, 5.74) is -0.109. The summed E-state index contributed by atoms with van der Waals surface area (Å²) in [5.74, 6) is 0.388. The Morgan fingerprint density at radius 3 is 2.52 bits per heavy atom. The van der Waals surface area contributed by atoms with Crippen molar-refractivity contribution in [2.75, 3.05) is 33.7 Å². The molecule has 1 aromatic carbocycles. The minimum atomic E-state index is -4.34. The maximum absolute atomic E-state index is 12.5. The fourth-order valence-electron chi connectivity index (χ4n) is 2.75. The zero-order chi connectivity index (χ0) is 17.0. The van der Waals surface area contributed by atoms with Gasteiger partial charge in [0.2, 0.25) is 5.91 Å². The van der Waals surface area contributed by atoms with E-state index in [-0.39, 0.29) is 5.91 Å². The van der Waals surface area contributed by atoms with Gasteiger partial charge in [-0.1, -0.05) is 12.1 Å². The normalized spacial score (nSPS) is 19.0. The minimum Gasteiger partial charge on any atom is -0.339 e. The number of nitrogens with zero attached hydrogens (tertiary/aromatic N) is 2. The molecule has 1 heterocycles. The average molecular weight is 326 g/mol. The zero-order valence-corrected chi connectivity index (χ0v) is 13.3. The molecule has 126 valence electrons. The van der Waals surface area contributed by atoms with Crippen LogP contribution in [-0.2, 0) is 11.0 Å². The summed E-state index contributed by atoms with van der Waals surface area (Å²) < 4.78 is 37.4. The first-order valence-electron chi connectivity index (χ1n) is 7.54. The topological polar surface area (TPSA) is 23.6 Å². The second kappa shape index (κ2) is 7.17. The highest BCUT2D eigenvalue weighted by Crippen LogP contribution is 2.29. The molecule has 1 fully saturated rings. The van der Waals surface area contributed by atoms with E-state index in [4.69, 9.17) is 0 Å². The van der Waals surface area contributed by atoms with Crippen molar-refractivity contribution in [2.24, 2.45) is 5.92 Å². The smallest absolute Gasteiger partial charge is 0.339 e. The molecule has 2 rings (SSSR count). The first-order valence-corrected chi connectivity index (χ1v) is 7.54. The lowest BCUT2D eigenvalue weighted by Crippen LogP contribution is -2.29. The Hall–Kier alpha value is -1.82. The second-order valence-electron chi connectivity index (χ2n) is 6.15. The number of carbonyl (C=O) groups excluding carboxylic acids is 1. The summed E-state index contributed by atoms with van der Waals surface area (Å²) in [7, 11) is 4.02. The number of likely N-dealkylation sites (tertiary alicyclic amines) is 1. The van der Waals surface area contributed by atoms with Crippen LogP contribution in [0.15, 0.2) is 30.3 Å². The summed E-state index contributed by atoms with van der Waals surface area (Å²) in [5, 5.41) is 0. The Balaban J connectivity index is 1.91. The van der Waals surface area contributed by atoms with Crippen LogP contribution in [0.25, 0.3) is 6.08 Å². The van der Waals surface area contributed by atoms with Crippen molar-refractivity contribution in [3.8, 4) is 0 Å². The fraction of sp³-hybridized carbons (Fsp3) is 0.471. The third kappa shape index (κ3) is 5.10. The SMILES string of the molecule is CN(C)C[C@H]1CCN(C(=O)/C=C/c2ccc(C(F)(F)F)cc2)C1. The van der Waals surface area contributed by atoms with E-state index in [9.17, 15) is 18.0 Å². The monoisotopic (exact) mass is 326 g/mol. The van der Waals surface area contributed by atoms with Gasteiger partial charge in [0.25, 0.3) is 0 Å². The van der Waals surface area contributed by atoms with E-state index >= 15 is 0 Å². The zero-order valence-electron chi connectivity index (χ0n) is 13.3. The summed E-state index contributed by atoms with van der Waals surface area (Å²) in [4.78, 5) is 16.0. The van der Waals surface area contributed by atoms with Crippen LogP contribution < -0.4 is 0 Å². The number of alkyl halides is 3. The predicted octanol–water partition coefficient (Wildman–Crippen LogP) is 3.13. The predicted molar refractivity (Wildman–Crippen MR) is 83.7 cm³/mol. The van der Waals surface area contributed by atoms with Crippen LogP contribution >= 0.6 is 0 Å². The fourth-order valence-corrected chi connectivity index (χ4v) is 2.75. The van der Waals surface area contributed by atoms with Crippen molar-refractivity contribution in [3.63, 3.8) is 0 Å². The molecule has 0 aliphatic carbocycles. The van der Waals surface area contributed by atoms with Crippen LogP contribution in [-0.4, -0.2) is 49.4 Å². The molecule has 23 heavy (non-hydrogen) atoms. The van der Waals surface area contributed by atoms with Gasteiger partial charge in [-0.2, -0.15) is 13.2 Å². The van der Waals surface area contributed by atoms with Gasteiger partial charge >= 0.3 is 6.18 Å². The molecule has 1 amide bonds. The van der Waals surface area contributed by atoms with E-state index in [1.165, 1.54) is 18.2 Å². The highest BCUT2D eigenvalue weighted by molar-refractivity contribution is 5.91. The lowest BCUT2D eigenvalue weighted by Gasteiger charge is -2.17. The second-order valence-corrected chi connectivity index (χ2v) is 6.15. The van der Waals surface area contributed by atoms with Gasteiger partial charge in [-0.15, -0.1) is 0 Å².